The van der Waals surface area contributed by atoms with Gasteiger partial charge in [-0.15, -0.1) is 5.10 Å². The minimum atomic E-state index is 0.315. The molecule has 0 aliphatic carbocycles. The number of benzene rings is 1. The van der Waals surface area contributed by atoms with E-state index in [0.717, 1.165) is 51.3 Å². The van der Waals surface area contributed by atoms with Gasteiger partial charge in [0.2, 0.25) is 5.95 Å². The van der Waals surface area contributed by atoms with Crippen LogP contribution in [-0.4, -0.2) is 34.3 Å². The third kappa shape index (κ3) is 2.99. The number of halogens is 2. The first kappa shape index (κ1) is 14.3. The van der Waals surface area contributed by atoms with Crippen molar-refractivity contribution in [2.75, 3.05) is 18.0 Å². The van der Waals surface area contributed by atoms with Gasteiger partial charge in [-0.25, -0.2) is 0 Å². The molecule has 0 atom stereocenters. The molecule has 1 saturated heterocycles. The Morgan fingerprint density at radius 3 is 2.85 bits per heavy atom. The molecule has 1 aliphatic rings. The lowest BCUT2D eigenvalue weighted by Gasteiger charge is -2.28. The standard InChI is InChI=1S/C13H15BrIN5/c14-8-1-2-11(15)10(7-8)12-17-13(19-18-12)20-5-3-9(16)4-6-20/h1-2,7,9H,3-6,16H2,(H,17,18,19). The quantitative estimate of drug-likeness (QED) is 0.694. The Hall–Kier alpha value is -0.670. The van der Waals surface area contributed by atoms with Gasteiger partial charge in [-0.2, -0.15) is 4.98 Å². The summed E-state index contributed by atoms with van der Waals surface area (Å²) >= 11 is 5.80. The Balaban J connectivity index is 1.85. The second-order valence-electron chi connectivity index (χ2n) is 4.93. The number of nitrogens with one attached hydrogen (secondary N) is 1. The summed E-state index contributed by atoms with van der Waals surface area (Å²) < 4.78 is 2.18. The molecule has 1 fully saturated rings. The number of nitrogens with zero attached hydrogens (tertiary/aromatic N) is 3. The highest BCUT2D eigenvalue weighted by Gasteiger charge is 2.20. The van der Waals surface area contributed by atoms with Crippen LogP contribution < -0.4 is 10.6 Å². The van der Waals surface area contributed by atoms with Crippen molar-refractivity contribution < 1.29 is 0 Å². The second-order valence-corrected chi connectivity index (χ2v) is 7.01. The number of rotatable bonds is 2. The number of hydrogen-bond acceptors (Lipinski definition) is 4. The normalized spacial score (nSPS) is 16.6. The van der Waals surface area contributed by atoms with Gasteiger partial charge >= 0.3 is 0 Å². The number of aromatic nitrogens is 3. The molecule has 0 amide bonds. The van der Waals surface area contributed by atoms with Gasteiger partial charge in [-0.3, -0.25) is 5.10 Å². The molecule has 5 nitrogen and oxygen atoms in total. The molecule has 0 spiro atoms. The van der Waals surface area contributed by atoms with Gasteiger partial charge in [0.05, 0.1) is 0 Å². The van der Waals surface area contributed by atoms with E-state index >= 15 is 0 Å². The highest BCUT2D eigenvalue weighted by molar-refractivity contribution is 14.1. The van der Waals surface area contributed by atoms with E-state index in [9.17, 15) is 0 Å². The van der Waals surface area contributed by atoms with Crippen molar-refractivity contribution in [2.45, 2.75) is 18.9 Å². The zero-order valence-electron chi connectivity index (χ0n) is 10.8. The van der Waals surface area contributed by atoms with Crippen LogP contribution in [-0.2, 0) is 0 Å². The topological polar surface area (TPSA) is 70.8 Å². The van der Waals surface area contributed by atoms with E-state index in [1.54, 1.807) is 0 Å². The van der Waals surface area contributed by atoms with Crippen LogP contribution in [0.1, 0.15) is 12.8 Å². The van der Waals surface area contributed by atoms with Crippen molar-refractivity contribution in [2.24, 2.45) is 5.73 Å². The van der Waals surface area contributed by atoms with E-state index in [2.05, 4.69) is 70.7 Å². The lowest BCUT2D eigenvalue weighted by Crippen LogP contribution is -2.40. The average Bonchev–Trinajstić information content (AvgIpc) is 2.92. The summed E-state index contributed by atoms with van der Waals surface area (Å²) in [6, 6.07) is 6.45. The van der Waals surface area contributed by atoms with Gasteiger partial charge in [0, 0.05) is 32.7 Å². The maximum absolute atomic E-state index is 5.93. The summed E-state index contributed by atoms with van der Waals surface area (Å²) in [7, 11) is 0. The fraction of sp³-hybridized carbons (Fsp3) is 0.385. The van der Waals surface area contributed by atoms with Crippen molar-refractivity contribution in [3.8, 4) is 11.4 Å². The van der Waals surface area contributed by atoms with Crippen LogP contribution in [0.25, 0.3) is 11.4 Å². The van der Waals surface area contributed by atoms with Crippen LogP contribution in [0.3, 0.4) is 0 Å². The van der Waals surface area contributed by atoms with E-state index in [1.165, 1.54) is 0 Å². The van der Waals surface area contributed by atoms with Crippen molar-refractivity contribution in [3.63, 3.8) is 0 Å². The molecule has 2 aromatic rings. The molecule has 0 radical (unpaired) electrons. The number of anilines is 1. The largest absolute Gasteiger partial charge is 0.339 e. The Morgan fingerprint density at radius 1 is 1.35 bits per heavy atom. The smallest absolute Gasteiger partial charge is 0.245 e. The molecule has 1 aliphatic heterocycles. The number of nitrogens with two attached hydrogens (primary N) is 1. The maximum atomic E-state index is 5.93. The van der Waals surface area contributed by atoms with Crippen molar-refractivity contribution in [1.82, 2.24) is 15.2 Å². The van der Waals surface area contributed by atoms with E-state index < -0.39 is 0 Å². The molecule has 106 valence electrons. The van der Waals surface area contributed by atoms with E-state index in [1.807, 2.05) is 6.07 Å². The van der Waals surface area contributed by atoms with Crippen molar-refractivity contribution in [1.29, 1.82) is 0 Å². The Morgan fingerprint density at radius 2 is 2.10 bits per heavy atom. The van der Waals surface area contributed by atoms with E-state index in [0.29, 0.717) is 6.04 Å². The van der Waals surface area contributed by atoms with E-state index in [4.69, 9.17) is 5.73 Å². The first-order chi connectivity index (χ1) is 9.63. The molecule has 3 rings (SSSR count). The van der Waals surface area contributed by atoms with Crippen LogP contribution in [0.15, 0.2) is 22.7 Å². The third-order valence-corrected chi connectivity index (χ3v) is 4.91. The summed E-state index contributed by atoms with van der Waals surface area (Å²) in [5, 5.41) is 7.38. The fourth-order valence-corrected chi connectivity index (χ4v) is 3.25. The highest BCUT2D eigenvalue weighted by atomic mass is 127. The predicted molar refractivity (Wildman–Crippen MR) is 91.7 cm³/mol. The average molecular weight is 448 g/mol. The second kappa shape index (κ2) is 5.98. The molecular weight excluding hydrogens is 433 g/mol. The molecular formula is C13H15BrIN5. The van der Waals surface area contributed by atoms with Crippen LogP contribution >= 0.6 is 38.5 Å². The molecule has 20 heavy (non-hydrogen) atoms. The maximum Gasteiger partial charge on any atom is 0.245 e. The van der Waals surface area contributed by atoms with Crippen LogP contribution in [0.5, 0.6) is 0 Å². The number of hydrogen-bond donors (Lipinski definition) is 2. The SMILES string of the molecule is NC1CCN(c2n[nH]c(-c3cc(Br)ccc3I)n2)CC1. The summed E-state index contributed by atoms with van der Waals surface area (Å²) in [4.78, 5) is 6.81. The van der Waals surface area contributed by atoms with Crippen LogP contribution in [0, 0.1) is 3.57 Å². The Bertz CT molecular complexity index is 607. The molecule has 1 aromatic carbocycles. The monoisotopic (exact) mass is 447 g/mol. The number of aromatic amines is 1. The van der Waals surface area contributed by atoms with Gasteiger partial charge < -0.3 is 10.6 Å². The zero-order chi connectivity index (χ0) is 14.1. The van der Waals surface area contributed by atoms with Crippen LogP contribution in [0.4, 0.5) is 5.95 Å². The van der Waals surface area contributed by atoms with Crippen molar-refractivity contribution >= 4 is 44.5 Å². The number of piperidine rings is 1. The van der Waals surface area contributed by atoms with Crippen LogP contribution in [0.2, 0.25) is 0 Å². The predicted octanol–water partition coefficient (Wildman–Crippen LogP) is 2.77. The molecule has 7 heteroatoms. The third-order valence-electron chi connectivity index (χ3n) is 3.48. The minimum Gasteiger partial charge on any atom is -0.339 e. The summed E-state index contributed by atoms with van der Waals surface area (Å²) in [5.41, 5.74) is 6.99. The first-order valence-electron chi connectivity index (χ1n) is 6.52. The highest BCUT2D eigenvalue weighted by Crippen LogP contribution is 2.27. The molecule has 1 aromatic heterocycles. The first-order valence-corrected chi connectivity index (χ1v) is 8.39. The molecule has 0 bridgehead atoms. The lowest BCUT2D eigenvalue weighted by atomic mass is 10.1. The zero-order valence-corrected chi connectivity index (χ0v) is 14.6. The molecule has 2 heterocycles. The summed E-state index contributed by atoms with van der Waals surface area (Å²) in [5.74, 6) is 1.57. The lowest BCUT2D eigenvalue weighted by molar-refractivity contribution is 0.496. The fourth-order valence-electron chi connectivity index (χ4n) is 2.29. The van der Waals surface area contributed by atoms with Gasteiger partial charge in [-0.1, -0.05) is 15.9 Å². The molecule has 3 N–H and O–H groups in total. The van der Waals surface area contributed by atoms with Crippen molar-refractivity contribution in [3.05, 3.63) is 26.2 Å². The van der Waals surface area contributed by atoms with Gasteiger partial charge in [0.15, 0.2) is 5.82 Å². The van der Waals surface area contributed by atoms with E-state index in [-0.39, 0.29) is 0 Å². The van der Waals surface area contributed by atoms with Gasteiger partial charge in [0.25, 0.3) is 0 Å². The number of H-pyrrole nitrogens is 1. The summed E-state index contributed by atoms with van der Waals surface area (Å²) in [6.45, 7) is 1.85. The molecule has 0 unspecified atom stereocenters. The molecule has 0 saturated carbocycles. The Kier molecular flexibility index (Phi) is 4.27. The Labute approximate surface area is 139 Å². The van der Waals surface area contributed by atoms with Gasteiger partial charge in [-0.05, 0) is 53.6 Å². The summed E-state index contributed by atoms with van der Waals surface area (Å²) in [6.07, 6.45) is 2.00. The minimum absolute atomic E-state index is 0.315. The van der Waals surface area contributed by atoms with Gasteiger partial charge in [0.1, 0.15) is 0 Å².